The number of carbonyl (C=O) groups excluding carboxylic acids is 1. The largest absolute Gasteiger partial charge is 0.441 e. The summed E-state index contributed by atoms with van der Waals surface area (Å²) in [7, 11) is 0. The van der Waals surface area contributed by atoms with Gasteiger partial charge in [-0.1, -0.05) is 42.5 Å². The van der Waals surface area contributed by atoms with Crippen LogP contribution in [0, 0.1) is 17.1 Å². The number of carbonyl (C=O) groups is 1. The minimum atomic E-state index is -0.612. The Balaban J connectivity index is 1.60. The van der Waals surface area contributed by atoms with E-state index in [4.69, 9.17) is 14.7 Å². The molecule has 3 aromatic rings. The Hall–Kier alpha value is -3.69. The van der Waals surface area contributed by atoms with Crippen LogP contribution < -0.4 is 4.90 Å². The second kappa shape index (κ2) is 8.76. The van der Waals surface area contributed by atoms with Gasteiger partial charge in [0.2, 0.25) is 0 Å². The maximum Gasteiger partial charge on any atom is 0.415 e. The molecule has 0 spiro atoms. The lowest BCUT2D eigenvalue weighted by molar-refractivity contribution is 0.0273. The van der Waals surface area contributed by atoms with Crippen molar-refractivity contribution in [2.45, 2.75) is 18.8 Å². The maximum atomic E-state index is 13.9. The van der Waals surface area contributed by atoms with E-state index >= 15 is 0 Å². The second-order valence-electron chi connectivity index (χ2n) is 6.95. The van der Waals surface area contributed by atoms with Gasteiger partial charge in [0.05, 0.1) is 24.8 Å². The molecule has 2 atom stereocenters. The fourth-order valence-corrected chi connectivity index (χ4v) is 3.54. The van der Waals surface area contributed by atoms with Gasteiger partial charge in [0.25, 0.3) is 0 Å². The van der Waals surface area contributed by atoms with Crippen LogP contribution in [-0.4, -0.2) is 18.8 Å². The zero-order chi connectivity index (χ0) is 20.9. The van der Waals surface area contributed by atoms with E-state index < -0.39 is 24.1 Å². The summed E-state index contributed by atoms with van der Waals surface area (Å²) in [5.74, 6) is -0.393. The molecule has 4 rings (SSSR count). The summed E-state index contributed by atoms with van der Waals surface area (Å²) >= 11 is 0. The van der Waals surface area contributed by atoms with Gasteiger partial charge < -0.3 is 9.47 Å². The SMILES string of the molecule is N#Cc1ccc(N2C(=O)OC(COCc3ccccc3)C2c2cccc(F)c2)cc1. The third-order valence-corrected chi connectivity index (χ3v) is 4.94. The van der Waals surface area contributed by atoms with E-state index in [0.717, 1.165) is 5.56 Å². The standard InChI is InChI=1S/C24H19FN2O3/c25-20-8-4-7-19(13-20)23-22(16-29-15-18-5-2-1-3-6-18)30-24(28)27(23)21-11-9-17(14-26)10-12-21/h1-13,22-23H,15-16H2. The van der Waals surface area contributed by atoms with E-state index in [0.29, 0.717) is 23.4 Å². The number of halogens is 1. The van der Waals surface area contributed by atoms with Crippen LogP contribution in [0.25, 0.3) is 0 Å². The van der Waals surface area contributed by atoms with E-state index in [9.17, 15) is 9.18 Å². The van der Waals surface area contributed by atoms with Crippen molar-refractivity contribution in [3.05, 3.63) is 101 Å². The minimum absolute atomic E-state index is 0.161. The summed E-state index contributed by atoms with van der Waals surface area (Å²) in [4.78, 5) is 14.2. The van der Waals surface area contributed by atoms with Crippen molar-refractivity contribution >= 4 is 11.8 Å². The van der Waals surface area contributed by atoms with Gasteiger partial charge in [-0.2, -0.15) is 5.26 Å². The molecule has 0 radical (unpaired) electrons. The summed E-state index contributed by atoms with van der Waals surface area (Å²) in [5.41, 5.74) is 2.67. The highest BCUT2D eigenvalue weighted by atomic mass is 19.1. The van der Waals surface area contributed by atoms with Crippen molar-refractivity contribution < 1.29 is 18.7 Å². The average molecular weight is 402 g/mol. The first-order valence-electron chi connectivity index (χ1n) is 9.53. The van der Waals surface area contributed by atoms with Crippen molar-refractivity contribution in [2.24, 2.45) is 0 Å². The van der Waals surface area contributed by atoms with Gasteiger partial charge in [-0.3, -0.25) is 4.90 Å². The van der Waals surface area contributed by atoms with Gasteiger partial charge in [-0.15, -0.1) is 0 Å². The highest BCUT2D eigenvalue weighted by molar-refractivity contribution is 5.91. The van der Waals surface area contributed by atoms with Crippen LogP contribution in [0.2, 0.25) is 0 Å². The van der Waals surface area contributed by atoms with E-state index in [-0.39, 0.29) is 6.61 Å². The van der Waals surface area contributed by atoms with E-state index in [1.54, 1.807) is 36.4 Å². The number of benzene rings is 3. The number of rotatable bonds is 6. The van der Waals surface area contributed by atoms with Gasteiger partial charge >= 0.3 is 6.09 Å². The highest BCUT2D eigenvalue weighted by Gasteiger charge is 2.43. The van der Waals surface area contributed by atoms with Crippen LogP contribution in [0.15, 0.2) is 78.9 Å². The van der Waals surface area contributed by atoms with Gasteiger partial charge in [-0.25, -0.2) is 9.18 Å². The summed E-state index contributed by atoms with van der Waals surface area (Å²) in [6.45, 7) is 0.538. The molecule has 3 aromatic carbocycles. The predicted molar refractivity (Wildman–Crippen MR) is 109 cm³/mol. The highest BCUT2D eigenvalue weighted by Crippen LogP contribution is 2.38. The number of hydrogen-bond donors (Lipinski definition) is 0. The molecule has 1 fully saturated rings. The third-order valence-electron chi connectivity index (χ3n) is 4.94. The molecule has 150 valence electrons. The normalized spacial score (nSPS) is 18.1. The molecule has 1 saturated heterocycles. The molecule has 30 heavy (non-hydrogen) atoms. The van der Waals surface area contributed by atoms with E-state index in [2.05, 4.69) is 6.07 Å². The average Bonchev–Trinajstić information content (AvgIpc) is 3.10. The zero-order valence-electron chi connectivity index (χ0n) is 16.1. The third kappa shape index (κ3) is 4.17. The first-order valence-corrected chi connectivity index (χ1v) is 9.53. The fourth-order valence-electron chi connectivity index (χ4n) is 3.54. The van der Waals surface area contributed by atoms with Crippen molar-refractivity contribution in [1.82, 2.24) is 0 Å². The molecule has 0 N–H and O–H groups in total. The van der Waals surface area contributed by atoms with Gasteiger partial charge in [0, 0.05) is 5.69 Å². The Kier molecular flexibility index (Phi) is 5.73. The predicted octanol–water partition coefficient (Wildman–Crippen LogP) is 4.98. The molecule has 6 heteroatoms. The Bertz CT molecular complexity index is 1060. The number of cyclic esters (lactones) is 1. The molecule has 0 saturated carbocycles. The van der Waals surface area contributed by atoms with Gasteiger partial charge in [0.15, 0.2) is 6.10 Å². The van der Waals surface area contributed by atoms with Crippen LogP contribution in [0.5, 0.6) is 0 Å². The van der Waals surface area contributed by atoms with E-state index in [1.807, 2.05) is 30.3 Å². The molecule has 1 amide bonds. The summed E-state index contributed by atoms with van der Waals surface area (Å²) in [6.07, 6.45) is -1.15. The molecular formula is C24H19FN2O3. The topological polar surface area (TPSA) is 62.6 Å². The fraction of sp³-hybridized carbons (Fsp3) is 0.167. The lowest BCUT2D eigenvalue weighted by atomic mass is 10.00. The molecule has 5 nitrogen and oxygen atoms in total. The lowest BCUT2D eigenvalue weighted by Crippen LogP contribution is -2.31. The smallest absolute Gasteiger partial charge is 0.415 e. The van der Waals surface area contributed by atoms with Crippen LogP contribution in [-0.2, 0) is 16.1 Å². The first kappa shape index (κ1) is 19.6. The minimum Gasteiger partial charge on any atom is -0.441 e. The monoisotopic (exact) mass is 402 g/mol. The number of amides is 1. The zero-order valence-corrected chi connectivity index (χ0v) is 16.1. The first-order chi connectivity index (χ1) is 14.7. The summed E-state index contributed by atoms with van der Waals surface area (Å²) in [6, 6.07) is 23.9. The van der Waals surface area contributed by atoms with Crippen molar-refractivity contribution in [2.75, 3.05) is 11.5 Å². The number of ether oxygens (including phenoxy) is 2. The molecule has 0 aliphatic carbocycles. The summed E-state index contributed by atoms with van der Waals surface area (Å²) in [5, 5.41) is 9.03. The van der Waals surface area contributed by atoms with Crippen LogP contribution in [0.4, 0.5) is 14.9 Å². The Morgan fingerprint density at radius 3 is 2.50 bits per heavy atom. The Morgan fingerprint density at radius 2 is 1.80 bits per heavy atom. The Labute approximate surface area is 173 Å². The number of nitrogens with zero attached hydrogens (tertiary/aromatic N) is 2. The molecular weight excluding hydrogens is 383 g/mol. The molecule has 1 aliphatic heterocycles. The molecule has 2 unspecified atom stereocenters. The molecule has 0 aromatic heterocycles. The molecule has 1 aliphatic rings. The van der Waals surface area contributed by atoms with Crippen LogP contribution in [0.3, 0.4) is 0 Å². The quantitative estimate of drug-likeness (QED) is 0.583. The van der Waals surface area contributed by atoms with Crippen molar-refractivity contribution in [1.29, 1.82) is 5.26 Å². The number of nitriles is 1. The number of hydrogen-bond acceptors (Lipinski definition) is 4. The van der Waals surface area contributed by atoms with E-state index in [1.165, 1.54) is 17.0 Å². The lowest BCUT2D eigenvalue weighted by Gasteiger charge is -2.25. The van der Waals surface area contributed by atoms with Gasteiger partial charge in [0.1, 0.15) is 11.9 Å². The van der Waals surface area contributed by atoms with Gasteiger partial charge in [-0.05, 0) is 47.5 Å². The van der Waals surface area contributed by atoms with Crippen molar-refractivity contribution in [3.63, 3.8) is 0 Å². The Morgan fingerprint density at radius 1 is 1.03 bits per heavy atom. The molecule has 0 bridgehead atoms. The van der Waals surface area contributed by atoms with Crippen LogP contribution in [0.1, 0.15) is 22.7 Å². The maximum absolute atomic E-state index is 13.9. The molecule has 1 heterocycles. The number of anilines is 1. The van der Waals surface area contributed by atoms with Crippen molar-refractivity contribution in [3.8, 4) is 6.07 Å². The summed E-state index contributed by atoms with van der Waals surface area (Å²) < 4.78 is 25.4. The second-order valence-corrected chi connectivity index (χ2v) is 6.95. The van der Waals surface area contributed by atoms with Crippen LogP contribution >= 0.6 is 0 Å².